The molecule has 4 rings (SSSR count). The molecule has 4 aliphatic rings. The highest BCUT2D eigenvalue weighted by Gasteiger charge is 2.61. The zero-order valence-electron chi connectivity index (χ0n) is 19.6. The first kappa shape index (κ1) is 24.5. The van der Waals surface area contributed by atoms with Crippen LogP contribution in [-0.4, -0.2) is 44.5 Å². The van der Waals surface area contributed by atoms with Crippen molar-refractivity contribution in [1.82, 2.24) is 5.32 Å². The number of carbonyl (C=O) groups is 1. The van der Waals surface area contributed by atoms with E-state index in [0.29, 0.717) is 36.1 Å². The molecule has 4 saturated carbocycles. The Labute approximate surface area is 193 Å². The maximum absolute atomic E-state index is 12.7. The quantitative estimate of drug-likeness (QED) is 0.470. The van der Waals surface area contributed by atoms with Gasteiger partial charge < -0.3 is 15.0 Å². The van der Waals surface area contributed by atoms with Crippen LogP contribution >= 0.6 is 12.4 Å². The normalized spacial score (nSPS) is 41.9. The smallest absolute Gasteiger partial charge is 0.139 e. The highest BCUT2D eigenvalue weighted by molar-refractivity contribution is 5.96. The van der Waals surface area contributed by atoms with Gasteiger partial charge in [-0.3, -0.25) is 4.79 Å². The topological polar surface area (TPSA) is 72.3 Å². The van der Waals surface area contributed by atoms with Crippen molar-refractivity contribution < 1.29 is 14.5 Å². The van der Waals surface area contributed by atoms with Crippen LogP contribution in [-0.2, 0) is 14.5 Å². The van der Waals surface area contributed by atoms with Crippen molar-refractivity contribution in [3.63, 3.8) is 0 Å². The van der Waals surface area contributed by atoms with E-state index in [-0.39, 0.29) is 23.2 Å². The van der Waals surface area contributed by atoms with E-state index in [1.54, 1.807) is 7.11 Å². The van der Waals surface area contributed by atoms with Gasteiger partial charge in [0.05, 0.1) is 11.4 Å². The number of nitrogens with zero attached hydrogens (tertiary/aromatic N) is 2. The molecule has 0 saturated heterocycles. The fourth-order valence-electron chi connectivity index (χ4n) is 7.40. The molecule has 0 aliphatic heterocycles. The zero-order valence-corrected chi connectivity index (χ0v) is 20.4. The lowest BCUT2D eigenvalue weighted by atomic mass is 9.45. The highest BCUT2D eigenvalue weighted by atomic mass is 35.5. The van der Waals surface area contributed by atoms with E-state index in [9.17, 15) is 4.79 Å². The molecule has 4 fully saturated rings. The number of hydrogen-bond acceptors (Lipinski definition) is 6. The van der Waals surface area contributed by atoms with E-state index in [4.69, 9.17) is 9.68 Å². The molecular weight excluding hydrogens is 414 g/mol. The van der Waals surface area contributed by atoms with Crippen LogP contribution in [0, 0.1) is 34.5 Å². The summed E-state index contributed by atoms with van der Waals surface area (Å²) in [4.78, 5) is 23.6. The molecule has 6 nitrogen and oxygen atoms in total. The molecule has 0 aromatic carbocycles. The van der Waals surface area contributed by atoms with Crippen LogP contribution in [0.4, 0.5) is 0 Å². The molecule has 31 heavy (non-hydrogen) atoms. The molecule has 7 heteroatoms. The SMILES string of the molecule is CNCCCO/N=C1\CC[C@@]2(C)[C@H](C1)/C(=N/OC)C[C@@H]1[C@@H]2CC[C@]2(C)C(=O)CC[C@@H]12.Cl. The molecule has 0 aromatic heterocycles. The molecule has 0 aromatic rings. The van der Waals surface area contributed by atoms with Crippen LogP contribution in [0.5, 0.6) is 0 Å². The summed E-state index contributed by atoms with van der Waals surface area (Å²) in [6, 6.07) is 0. The zero-order chi connectivity index (χ0) is 21.4. The second-order valence-corrected chi connectivity index (χ2v) is 10.5. The van der Waals surface area contributed by atoms with Gasteiger partial charge >= 0.3 is 0 Å². The van der Waals surface area contributed by atoms with Crippen molar-refractivity contribution in [3.8, 4) is 0 Å². The van der Waals surface area contributed by atoms with Crippen molar-refractivity contribution in [2.24, 2.45) is 44.8 Å². The standard InChI is InChI=1S/C24H39N3O3.ClH/c1-23-10-8-16(26-30-13-5-12-25-3)14-20(23)21(27-29-4)15-17-18-6-7-22(28)24(18,2)11-9-19(17)23;/h17-20,25H,5-15H2,1-4H3;1H/b26-16+,27-21+;/t17-,18-,19-,20+,23+,24-;/m0./s1. The lowest BCUT2D eigenvalue weighted by Gasteiger charge is -2.59. The first-order valence-corrected chi connectivity index (χ1v) is 11.9. The molecule has 0 heterocycles. The number of carbonyl (C=O) groups excluding carboxylic acids is 1. The van der Waals surface area contributed by atoms with Crippen LogP contribution in [0.15, 0.2) is 10.3 Å². The summed E-state index contributed by atoms with van der Waals surface area (Å²) in [6.07, 6.45) is 9.05. The summed E-state index contributed by atoms with van der Waals surface area (Å²) in [5.74, 6) is 2.60. The first-order valence-electron chi connectivity index (χ1n) is 11.9. The summed E-state index contributed by atoms with van der Waals surface area (Å²) < 4.78 is 0. The van der Waals surface area contributed by atoms with Crippen LogP contribution in [0.1, 0.15) is 71.6 Å². The van der Waals surface area contributed by atoms with Crippen molar-refractivity contribution in [2.45, 2.75) is 71.6 Å². The summed E-state index contributed by atoms with van der Waals surface area (Å²) >= 11 is 0. The Kier molecular flexibility index (Phi) is 7.73. The van der Waals surface area contributed by atoms with Gasteiger partial charge in [0.2, 0.25) is 0 Å². The predicted molar refractivity (Wildman–Crippen MR) is 126 cm³/mol. The Morgan fingerprint density at radius 3 is 2.65 bits per heavy atom. The van der Waals surface area contributed by atoms with E-state index in [0.717, 1.165) is 57.9 Å². The van der Waals surface area contributed by atoms with E-state index < -0.39 is 0 Å². The minimum Gasteiger partial charge on any atom is -0.399 e. The maximum atomic E-state index is 12.7. The van der Waals surface area contributed by atoms with E-state index in [1.807, 2.05) is 7.05 Å². The largest absolute Gasteiger partial charge is 0.399 e. The Morgan fingerprint density at radius 1 is 1.10 bits per heavy atom. The van der Waals surface area contributed by atoms with Gasteiger partial charge in [-0.25, -0.2) is 0 Å². The Morgan fingerprint density at radius 2 is 1.90 bits per heavy atom. The van der Waals surface area contributed by atoms with Crippen molar-refractivity contribution >= 4 is 29.6 Å². The van der Waals surface area contributed by atoms with Gasteiger partial charge in [-0.15, -0.1) is 12.4 Å². The average molecular weight is 454 g/mol. The number of ketones is 1. The minimum atomic E-state index is -0.106. The molecule has 6 atom stereocenters. The van der Waals surface area contributed by atoms with Crippen LogP contribution in [0.25, 0.3) is 0 Å². The van der Waals surface area contributed by atoms with Gasteiger partial charge in [0.15, 0.2) is 0 Å². The summed E-state index contributed by atoms with van der Waals surface area (Å²) in [5.41, 5.74) is 2.46. The van der Waals surface area contributed by atoms with E-state index in [1.165, 1.54) is 17.8 Å². The molecule has 1 N–H and O–H groups in total. The molecule has 0 spiro atoms. The molecule has 0 amide bonds. The number of halogens is 1. The number of Topliss-reactive ketones (excluding diaryl/α,β-unsaturated/α-hetero) is 1. The van der Waals surface area contributed by atoms with Crippen LogP contribution < -0.4 is 5.32 Å². The Balaban J connectivity index is 0.00000272. The van der Waals surface area contributed by atoms with Crippen molar-refractivity contribution in [1.29, 1.82) is 0 Å². The fraction of sp³-hybridized carbons (Fsp3) is 0.875. The number of nitrogens with one attached hydrogen (secondary N) is 1. The lowest BCUT2D eigenvalue weighted by Crippen LogP contribution is -2.56. The average Bonchev–Trinajstić information content (AvgIpc) is 3.03. The van der Waals surface area contributed by atoms with Gasteiger partial charge in [-0.05, 0) is 88.1 Å². The predicted octanol–water partition coefficient (Wildman–Crippen LogP) is 4.61. The van der Waals surface area contributed by atoms with Crippen molar-refractivity contribution in [3.05, 3.63) is 0 Å². The third kappa shape index (κ3) is 4.27. The molecule has 0 bridgehead atoms. The summed E-state index contributed by atoms with van der Waals surface area (Å²) in [7, 11) is 3.61. The molecule has 4 aliphatic carbocycles. The fourth-order valence-corrected chi connectivity index (χ4v) is 7.40. The number of hydrogen-bond donors (Lipinski definition) is 1. The Hall–Kier alpha value is -1.14. The second kappa shape index (κ2) is 9.78. The first-order chi connectivity index (χ1) is 14.4. The maximum Gasteiger partial charge on any atom is 0.139 e. The van der Waals surface area contributed by atoms with Gasteiger partial charge in [0.25, 0.3) is 0 Å². The van der Waals surface area contributed by atoms with E-state index in [2.05, 4.69) is 29.5 Å². The molecule has 0 radical (unpaired) electrons. The molecule has 0 unspecified atom stereocenters. The molecular formula is C24H40ClN3O3. The van der Waals surface area contributed by atoms with Gasteiger partial charge in [0.1, 0.15) is 19.5 Å². The van der Waals surface area contributed by atoms with E-state index >= 15 is 0 Å². The third-order valence-electron chi connectivity index (χ3n) is 9.09. The Bertz CT molecular complexity index is 727. The number of fused-ring (bicyclic) bond motifs is 5. The summed E-state index contributed by atoms with van der Waals surface area (Å²) in [5, 5.41) is 12.2. The lowest BCUT2D eigenvalue weighted by molar-refractivity contribution is -0.133. The minimum absolute atomic E-state index is 0. The second-order valence-electron chi connectivity index (χ2n) is 10.5. The van der Waals surface area contributed by atoms with Gasteiger partial charge in [-0.1, -0.05) is 24.2 Å². The molecule has 176 valence electrons. The van der Waals surface area contributed by atoms with Crippen LogP contribution in [0.3, 0.4) is 0 Å². The van der Waals surface area contributed by atoms with Crippen molar-refractivity contribution in [2.75, 3.05) is 27.3 Å². The number of oxime groups is 2. The van der Waals surface area contributed by atoms with Gasteiger partial charge in [-0.2, -0.15) is 0 Å². The monoisotopic (exact) mass is 453 g/mol. The third-order valence-corrected chi connectivity index (χ3v) is 9.09. The number of rotatable bonds is 6. The van der Waals surface area contributed by atoms with Gasteiger partial charge in [0, 0.05) is 17.8 Å². The summed E-state index contributed by atoms with van der Waals surface area (Å²) in [6.45, 7) is 6.32. The van der Waals surface area contributed by atoms with Crippen LogP contribution in [0.2, 0.25) is 0 Å². The highest BCUT2D eigenvalue weighted by Crippen LogP contribution is 2.64.